The number of benzene rings is 1. The number of hydrogen-bond acceptors (Lipinski definition) is 4. The van der Waals surface area contributed by atoms with Gasteiger partial charge in [0.15, 0.2) is 0 Å². The van der Waals surface area contributed by atoms with Crippen molar-refractivity contribution in [3.05, 3.63) is 64.3 Å². The van der Waals surface area contributed by atoms with Crippen molar-refractivity contribution >= 4 is 33.0 Å². The van der Waals surface area contributed by atoms with Crippen molar-refractivity contribution < 1.29 is 0 Å². The average Bonchev–Trinajstić information content (AvgIpc) is 3.01. The van der Waals surface area contributed by atoms with E-state index in [1.54, 1.807) is 11.3 Å². The number of pyridine rings is 1. The van der Waals surface area contributed by atoms with Gasteiger partial charge in [0.25, 0.3) is 0 Å². The molecule has 0 saturated heterocycles. The standard InChI is InChI=1S/C15H12BrN3S/c16-12-4-5-14(18-9-12)10-19-13-3-1-2-11(8-13)15-17-6-7-20-15/h1-9,19H,10H2. The third-order valence-corrected chi connectivity index (χ3v) is 4.10. The van der Waals surface area contributed by atoms with Gasteiger partial charge in [-0.15, -0.1) is 11.3 Å². The van der Waals surface area contributed by atoms with Crippen LogP contribution in [0.3, 0.4) is 0 Å². The summed E-state index contributed by atoms with van der Waals surface area (Å²) < 4.78 is 0.993. The molecule has 0 unspecified atom stereocenters. The predicted molar refractivity (Wildman–Crippen MR) is 86.8 cm³/mol. The number of rotatable bonds is 4. The first-order chi connectivity index (χ1) is 9.81. The lowest BCUT2D eigenvalue weighted by atomic mass is 10.2. The Labute approximate surface area is 129 Å². The zero-order chi connectivity index (χ0) is 13.8. The summed E-state index contributed by atoms with van der Waals surface area (Å²) in [6, 6.07) is 12.3. The van der Waals surface area contributed by atoms with Gasteiger partial charge in [-0.1, -0.05) is 12.1 Å². The van der Waals surface area contributed by atoms with Crippen LogP contribution >= 0.6 is 27.3 Å². The third kappa shape index (κ3) is 3.23. The lowest BCUT2D eigenvalue weighted by Crippen LogP contribution is -2.01. The van der Waals surface area contributed by atoms with Gasteiger partial charge in [-0.25, -0.2) is 4.98 Å². The normalized spacial score (nSPS) is 10.4. The number of nitrogens with one attached hydrogen (secondary N) is 1. The summed E-state index contributed by atoms with van der Waals surface area (Å²) in [4.78, 5) is 8.67. The van der Waals surface area contributed by atoms with Crippen molar-refractivity contribution in [3.8, 4) is 10.6 Å². The number of thiazole rings is 1. The van der Waals surface area contributed by atoms with Crippen LogP contribution in [0.4, 0.5) is 5.69 Å². The van der Waals surface area contributed by atoms with Crippen molar-refractivity contribution in [3.63, 3.8) is 0 Å². The molecule has 0 amide bonds. The quantitative estimate of drug-likeness (QED) is 0.751. The van der Waals surface area contributed by atoms with Crippen molar-refractivity contribution in [1.29, 1.82) is 0 Å². The molecule has 0 spiro atoms. The number of aromatic nitrogens is 2. The summed E-state index contributed by atoms with van der Waals surface area (Å²) in [5.41, 5.74) is 3.21. The van der Waals surface area contributed by atoms with E-state index in [1.807, 2.05) is 36.0 Å². The van der Waals surface area contributed by atoms with Gasteiger partial charge in [0.2, 0.25) is 0 Å². The minimum Gasteiger partial charge on any atom is -0.379 e. The van der Waals surface area contributed by atoms with E-state index in [4.69, 9.17) is 0 Å². The van der Waals surface area contributed by atoms with Gasteiger partial charge in [-0.05, 0) is 40.2 Å². The van der Waals surface area contributed by atoms with Crippen LogP contribution in [0.15, 0.2) is 58.6 Å². The lowest BCUT2D eigenvalue weighted by molar-refractivity contribution is 1.04. The topological polar surface area (TPSA) is 37.8 Å². The second-order valence-electron chi connectivity index (χ2n) is 4.24. The molecule has 0 aliphatic heterocycles. The molecule has 3 aromatic rings. The van der Waals surface area contributed by atoms with Gasteiger partial charge in [0.1, 0.15) is 5.01 Å². The van der Waals surface area contributed by atoms with Gasteiger partial charge in [-0.3, -0.25) is 4.98 Å². The molecule has 100 valence electrons. The zero-order valence-electron chi connectivity index (χ0n) is 10.6. The van der Waals surface area contributed by atoms with Crippen LogP contribution in [0, 0.1) is 0 Å². The predicted octanol–water partition coefficient (Wildman–Crippen LogP) is 4.58. The summed E-state index contributed by atoms with van der Waals surface area (Å²) >= 11 is 5.03. The van der Waals surface area contributed by atoms with E-state index in [9.17, 15) is 0 Å². The van der Waals surface area contributed by atoms with Gasteiger partial charge >= 0.3 is 0 Å². The van der Waals surface area contributed by atoms with E-state index < -0.39 is 0 Å². The Hall–Kier alpha value is -1.72. The molecule has 0 aliphatic carbocycles. The van der Waals surface area contributed by atoms with Crippen LogP contribution in [0.1, 0.15) is 5.69 Å². The van der Waals surface area contributed by atoms with Gasteiger partial charge in [-0.2, -0.15) is 0 Å². The average molecular weight is 346 g/mol. The van der Waals surface area contributed by atoms with Gasteiger partial charge in [0.05, 0.1) is 12.2 Å². The Balaban J connectivity index is 1.72. The summed E-state index contributed by atoms with van der Waals surface area (Å²) in [5.74, 6) is 0. The van der Waals surface area contributed by atoms with E-state index in [-0.39, 0.29) is 0 Å². The van der Waals surface area contributed by atoms with E-state index in [2.05, 4.69) is 49.4 Å². The molecule has 1 N–H and O–H groups in total. The van der Waals surface area contributed by atoms with E-state index in [0.717, 1.165) is 26.4 Å². The molecule has 0 bridgehead atoms. The highest BCUT2D eigenvalue weighted by Gasteiger charge is 2.02. The minimum atomic E-state index is 0.703. The molecule has 5 heteroatoms. The Morgan fingerprint density at radius 1 is 1.15 bits per heavy atom. The number of anilines is 1. The Bertz CT molecular complexity index is 681. The van der Waals surface area contributed by atoms with E-state index in [0.29, 0.717) is 6.54 Å². The second kappa shape index (κ2) is 6.15. The maximum atomic E-state index is 4.35. The Kier molecular flexibility index (Phi) is 4.08. The fourth-order valence-corrected chi connectivity index (χ4v) is 2.70. The summed E-state index contributed by atoms with van der Waals surface area (Å²) in [6.45, 7) is 0.703. The highest BCUT2D eigenvalue weighted by atomic mass is 79.9. The summed E-state index contributed by atoms with van der Waals surface area (Å²) in [5, 5.41) is 6.41. The largest absolute Gasteiger partial charge is 0.379 e. The van der Waals surface area contributed by atoms with Crippen LogP contribution in [0.5, 0.6) is 0 Å². The molecule has 0 atom stereocenters. The monoisotopic (exact) mass is 345 g/mol. The van der Waals surface area contributed by atoms with Gasteiger partial charge < -0.3 is 5.32 Å². The molecular weight excluding hydrogens is 334 g/mol. The number of nitrogens with zero attached hydrogens (tertiary/aromatic N) is 2. The first-order valence-corrected chi connectivity index (χ1v) is 7.83. The van der Waals surface area contributed by atoms with Crippen LogP contribution in [-0.4, -0.2) is 9.97 Å². The van der Waals surface area contributed by atoms with E-state index in [1.165, 1.54) is 0 Å². The second-order valence-corrected chi connectivity index (χ2v) is 6.05. The third-order valence-electron chi connectivity index (χ3n) is 2.80. The molecule has 3 nitrogen and oxygen atoms in total. The molecule has 20 heavy (non-hydrogen) atoms. The van der Waals surface area contributed by atoms with Crippen LogP contribution < -0.4 is 5.32 Å². The molecule has 0 saturated carbocycles. The molecule has 0 fully saturated rings. The van der Waals surface area contributed by atoms with Crippen LogP contribution in [0.25, 0.3) is 10.6 Å². The van der Waals surface area contributed by atoms with Crippen molar-refractivity contribution in [2.24, 2.45) is 0 Å². The molecule has 2 heterocycles. The molecule has 1 aromatic carbocycles. The van der Waals surface area contributed by atoms with Crippen molar-refractivity contribution in [2.45, 2.75) is 6.54 Å². The molecule has 0 radical (unpaired) electrons. The highest BCUT2D eigenvalue weighted by molar-refractivity contribution is 9.10. The maximum absolute atomic E-state index is 4.35. The Morgan fingerprint density at radius 3 is 2.85 bits per heavy atom. The zero-order valence-corrected chi connectivity index (χ0v) is 13.0. The maximum Gasteiger partial charge on any atom is 0.123 e. The molecular formula is C15H12BrN3S. The first-order valence-electron chi connectivity index (χ1n) is 6.15. The summed E-state index contributed by atoms with van der Waals surface area (Å²) in [7, 11) is 0. The van der Waals surface area contributed by atoms with Crippen molar-refractivity contribution in [1.82, 2.24) is 9.97 Å². The SMILES string of the molecule is Brc1ccc(CNc2cccc(-c3nccs3)c2)nc1. The number of hydrogen-bond donors (Lipinski definition) is 1. The first kappa shape index (κ1) is 13.3. The van der Waals surface area contributed by atoms with E-state index >= 15 is 0 Å². The smallest absolute Gasteiger partial charge is 0.123 e. The van der Waals surface area contributed by atoms with Crippen molar-refractivity contribution in [2.75, 3.05) is 5.32 Å². The summed E-state index contributed by atoms with van der Waals surface area (Å²) in [6.07, 6.45) is 3.63. The van der Waals surface area contributed by atoms with Crippen LogP contribution in [-0.2, 0) is 6.54 Å². The van der Waals surface area contributed by atoms with Crippen LogP contribution in [0.2, 0.25) is 0 Å². The number of halogens is 1. The lowest BCUT2D eigenvalue weighted by Gasteiger charge is -2.07. The Morgan fingerprint density at radius 2 is 2.10 bits per heavy atom. The minimum absolute atomic E-state index is 0.703. The fraction of sp³-hybridized carbons (Fsp3) is 0.0667. The molecule has 0 aliphatic rings. The highest BCUT2D eigenvalue weighted by Crippen LogP contribution is 2.24. The van der Waals surface area contributed by atoms with Gasteiger partial charge in [0, 0.05) is 33.5 Å². The molecule has 3 rings (SSSR count). The fourth-order valence-electron chi connectivity index (χ4n) is 1.83. The molecule has 2 aromatic heterocycles.